The van der Waals surface area contributed by atoms with Gasteiger partial charge in [0.1, 0.15) is 11.2 Å². The Balaban J connectivity index is 1.09. The van der Waals surface area contributed by atoms with Crippen LogP contribution in [0.5, 0.6) is 0 Å². The van der Waals surface area contributed by atoms with E-state index in [9.17, 15) is 5.48 Å². The van der Waals surface area contributed by atoms with E-state index < -0.39 is 59.9 Å². The molecule has 0 aliphatic rings. The number of hydrogen-bond acceptors (Lipinski definition) is 4. The van der Waals surface area contributed by atoms with Crippen molar-refractivity contribution in [2.24, 2.45) is 0 Å². The van der Waals surface area contributed by atoms with Crippen LogP contribution < -0.4 is 0 Å². The zero-order valence-electron chi connectivity index (χ0n) is 41.4. The first-order valence-corrected chi connectivity index (χ1v) is 19.8. The van der Waals surface area contributed by atoms with Gasteiger partial charge in [-0.05, 0) is 79.9 Å². The van der Waals surface area contributed by atoms with Gasteiger partial charge in [0.2, 0.25) is 0 Å². The van der Waals surface area contributed by atoms with E-state index in [1.165, 1.54) is 0 Å². The van der Waals surface area contributed by atoms with Crippen LogP contribution in [0.25, 0.3) is 112 Å². The Labute approximate surface area is 366 Å². The predicted octanol–water partition coefficient (Wildman–Crippen LogP) is 15.1. The van der Waals surface area contributed by atoms with Gasteiger partial charge in [0.05, 0.1) is 12.3 Å². The van der Waals surface area contributed by atoms with Crippen molar-refractivity contribution in [2.75, 3.05) is 0 Å². The lowest BCUT2D eigenvalue weighted by molar-refractivity contribution is 0.669. The van der Waals surface area contributed by atoms with Crippen LogP contribution >= 0.6 is 0 Å². The van der Waals surface area contributed by atoms with Gasteiger partial charge in [-0.3, -0.25) is 0 Å². The number of hydrogen-bond donors (Lipinski definition) is 0. The van der Waals surface area contributed by atoms with Crippen LogP contribution in [0.1, 0.15) is 12.3 Å². The fraction of sp³-hybridized carbons (Fsp3) is 0. The van der Waals surface area contributed by atoms with E-state index >= 15 is 0 Å². The maximum absolute atomic E-state index is 9.40. The van der Waals surface area contributed by atoms with Crippen molar-refractivity contribution in [3.63, 3.8) is 0 Å². The Bertz CT molecular complexity index is 3690. The molecular formula is C57H37N3O. The number of rotatable bonds is 8. The molecule has 61 heavy (non-hydrogen) atoms. The van der Waals surface area contributed by atoms with Gasteiger partial charge in [0.25, 0.3) is 0 Å². The second-order valence-electron chi connectivity index (χ2n) is 14.5. The fourth-order valence-corrected chi connectivity index (χ4v) is 7.63. The number of benzene rings is 9. The molecule has 0 saturated heterocycles. The van der Waals surface area contributed by atoms with Crippen LogP contribution in [0.15, 0.2) is 229 Å². The van der Waals surface area contributed by atoms with Crippen molar-refractivity contribution in [1.29, 1.82) is 0 Å². The molecule has 9 aromatic carbocycles. The van der Waals surface area contributed by atoms with E-state index in [4.69, 9.17) is 26.2 Å². The molecule has 4 nitrogen and oxygen atoms in total. The van der Waals surface area contributed by atoms with Crippen LogP contribution in [0.4, 0.5) is 0 Å². The molecule has 0 fully saturated rings. The van der Waals surface area contributed by atoms with Gasteiger partial charge in [0, 0.05) is 27.5 Å². The molecule has 0 atom stereocenters. The lowest BCUT2D eigenvalue weighted by atomic mass is 9.93. The zero-order chi connectivity index (χ0) is 48.4. The number of fused-ring (bicyclic) bond motifs is 3. The molecule has 286 valence electrons. The fourth-order valence-electron chi connectivity index (χ4n) is 7.63. The summed E-state index contributed by atoms with van der Waals surface area (Å²) in [6.45, 7) is 0. The molecule has 11 rings (SSSR count). The number of nitrogens with zero attached hydrogens (tertiary/aromatic N) is 3. The third kappa shape index (κ3) is 7.07. The zero-order valence-corrected chi connectivity index (χ0v) is 32.4. The highest BCUT2D eigenvalue weighted by Crippen LogP contribution is 2.42. The standard InChI is InChI=1S/C57H37N3O/c1-5-13-38(14-6-1)42-21-27-45(28-22-42)51-35-49(41-19-11-4-12-20-41)37-53-54(51)50-34-33-48(36-52(50)61-53)57-59-55(46-29-23-43(24-30-46)39-15-7-2-8-16-39)58-56(60-57)47-31-25-44(26-32-47)40-17-9-3-10-18-40/h1-37H/i1D,5D,6D,13D,14D,21D,22D,27D,28D. The van der Waals surface area contributed by atoms with Crippen molar-refractivity contribution in [3.8, 4) is 89.8 Å². The van der Waals surface area contributed by atoms with E-state index in [0.29, 0.717) is 56.1 Å². The Morgan fingerprint density at radius 2 is 0.721 bits per heavy atom. The summed E-state index contributed by atoms with van der Waals surface area (Å²) in [5.74, 6) is 1.35. The summed E-state index contributed by atoms with van der Waals surface area (Å²) < 4.78 is 85.7. The second-order valence-corrected chi connectivity index (χ2v) is 14.5. The summed E-state index contributed by atoms with van der Waals surface area (Å²) in [5.41, 5.74) is 8.42. The van der Waals surface area contributed by atoms with Gasteiger partial charge in [-0.2, -0.15) is 0 Å². The van der Waals surface area contributed by atoms with Gasteiger partial charge < -0.3 is 4.42 Å². The Morgan fingerprint density at radius 1 is 0.311 bits per heavy atom. The van der Waals surface area contributed by atoms with Gasteiger partial charge in [-0.15, -0.1) is 0 Å². The van der Waals surface area contributed by atoms with Crippen molar-refractivity contribution in [3.05, 3.63) is 224 Å². The van der Waals surface area contributed by atoms with E-state index in [-0.39, 0.29) is 11.1 Å². The van der Waals surface area contributed by atoms with E-state index in [1.807, 2.05) is 146 Å². The first kappa shape index (κ1) is 27.5. The maximum atomic E-state index is 9.40. The van der Waals surface area contributed by atoms with Crippen LogP contribution in [-0.2, 0) is 0 Å². The SMILES string of the molecule is [2H]c1c([2H])c([2H])c(-c2c([2H])c([2H])c(-c3cc(-c4ccccc4)cc4oc5cc(-c6nc(-c7ccc(-c8ccccc8)cc7)nc(-c7ccc(-c8ccccc8)cc7)n6)ccc5c34)c([2H])c2[2H])c([2H])c1[2H]. The minimum absolute atomic E-state index is 0.0380. The lowest BCUT2D eigenvalue weighted by Gasteiger charge is -2.10. The highest BCUT2D eigenvalue weighted by Gasteiger charge is 2.19. The maximum Gasteiger partial charge on any atom is 0.164 e. The third-order valence-corrected chi connectivity index (χ3v) is 10.7. The molecule has 0 saturated carbocycles. The second kappa shape index (κ2) is 15.5. The lowest BCUT2D eigenvalue weighted by Crippen LogP contribution is -2.00. The van der Waals surface area contributed by atoms with Crippen molar-refractivity contribution >= 4 is 21.9 Å². The molecule has 0 spiro atoms. The molecule has 4 heteroatoms. The summed E-state index contributed by atoms with van der Waals surface area (Å²) in [6.07, 6.45) is 0. The Hall–Kier alpha value is -8.21. The molecule has 0 amide bonds. The molecule has 2 aromatic heterocycles. The average Bonchev–Trinajstić information content (AvgIpc) is 3.79. The normalized spacial score (nSPS) is 13.3. The number of furan rings is 1. The minimum atomic E-state index is -0.641. The Morgan fingerprint density at radius 3 is 1.26 bits per heavy atom. The highest BCUT2D eigenvalue weighted by molar-refractivity contribution is 6.14. The van der Waals surface area contributed by atoms with Gasteiger partial charge in [0.15, 0.2) is 17.5 Å². The molecule has 0 bridgehead atoms. The monoisotopic (exact) mass is 788 g/mol. The summed E-state index contributed by atoms with van der Waals surface area (Å²) in [7, 11) is 0. The number of aromatic nitrogens is 3. The summed E-state index contributed by atoms with van der Waals surface area (Å²) >= 11 is 0. The summed E-state index contributed by atoms with van der Waals surface area (Å²) in [4.78, 5) is 15.1. The van der Waals surface area contributed by atoms with Crippen molar-refractivity contribution < 1.29 is 16.8 Å². The first-order chi connectivity index (χ1) is 33.9. The third-order valence-electron chi connectivity index (χ3n) is 10.7. The first-order valence-electron chi connectivity index (χ1n) is 24.3. The van der Waals surface area contributed by atoms with E-state index in [1.54, 1.807) is 0 Å². The molecule has 0 radical (unpaired) electrons. The largest absolute Gasteiger partial charge is 0.456 e. The van der Waals surface area contributed by atoms with E-state index in [2.05, 4.69) is 24.3 Å². The van der Waals surface area contributed by atoms with E-state index in [0.717, 1.165) is 38.9 Å². The molecule has 0 aliphatic heterocycles. The van der Waals surface area contributed by atoms with Crippen LogP contribution in [-0.4, -0.2) is 15.0 Å². The molecule has 0 N–H and O–H groups in total. The van der Waals surface area contributed by atoms with Crippen molar-refractivity contribution in [2.45, 2.75) is 0 Å². The highest BCUT2D eigenvalue weighted by atomic mass is 16.3. The molecule has 0 unspecified atom stereocenters. The van der Waals surface area contributed by atoms with Gasteiger partial charge >= 0.3 is 0 Å². The molecule has 2 heterocycles. The summed E-state index contributed by atoms with van der Waals surface area (Å²) in [6, 6.07) is 50.1. The van der Waals surface area contributed by atoms with Crippen LogP contribution in [0, 0.1) is 0 Å². The quantitative estimate of drug-likeness (QED) is 0.154. The molecule has 0 aliphatic carbocycles. The smallest absolute Gasteiger partial charge is 0.164 e. The average molecular weight is 789 g/mol. The molecular weight excluding hydrogens is 743 g/mol. The predicted molar refractivity (Wildman–Crippen MR) is 251 cm³/mol. The summed E-state index contributed by atoms with van der Waals surface area (Å²) in [5, 5.41) is 1.16. The topological polar surface area (TPSA) is 51.8 Å². The molecule has 11 aromatic rings. The minimum Gasteiger partial charge on any atom is -0.456 e. The van der Waals surface area contributed by atoms with Gasteiger partial charge in [-0.25, -0.2) is 15.0 Å². The van der Waals surface area contributed by atoms with Crippen molar-refractivity contribution in [1.82, 2.24) is 15.0 Å². The Kier molecular flexibility index (Phi) is 6.99. The van der Waals surface area contributed by atoms with Crippen LogP contribution in [0.3, 0.4) is 0 Å². The van der Waals surface area contributed by atoms with Gasteiger partial charge in [-0.1, -0.05) is 200 Å². The van der Waals surface area contributed by atoms with Crippen LogP contribution in [0.2, 0.25) is 0 Å².